The lowest BCUT2D eigenvalue weighted by molar-refractivity contribution is -0.142. The number of carboxylic acids is 2. The minimum atomic E-state index is -0.693. The van der Waals surface area contributed by atoms with Crippen molar-refractivity contribution in [1.29, 1.82) is 0 Å². The summed E-state index contributed by atoms with van der Waals surface area (Å²) in [6.07, 6.45) is 18.7. The quantitative estimate of drug-likeness (QED) is 0.214. The first-order valence-electron chi connectivity index (χ1n) is 10.1. The maximum Gasteiger partial charge on any atom is 0.306 e. The van der Waals surface area contributed by atoms with Gasteiger partial charge in [-0.15, -0.1) is 6.58 Å². The molecule has 2 N–H and O–H groups in total. The highest BCUT2D eigenvalue weighted by Crippen LogP contribution is 2.17. The fraction of sp³-hybridized carbons (Fsp3) is 0.810. The van der Waals surface area contributed by atoms with E-state index < -0.39 is 11.9 Å². The molecule has 0 radical (unpaired) electrons. The predicted octanol–water partition coefficient (Wildman–Crippen LogP) is 6.20. The molecule has 0 saturated carbocycles. The van der Waals surface area contributed by atoms with Crippen molar-refractivity contribution in [3.63, 3.8) is 0 Å². The predicted molar refractivity (Wildman–Crippen MR) is 103 cm³/mol. The Bertz CT molecular complexity index is 352. The average Bonchev–Trinajstić information content (AvgIpc) is 2.56. The van der Waals surface area contributed by atoms with Gasteiger partial charge in [-0.3, -0.25) is 9.59 Å². The van der Waals surface area contributed by atoms with E-state index in [1.807, 2.05) is 0 Å². The van der Waals surface area contributed by atoms with E-state index in [0.717, 1.165) is 38.5 Å². The summed E-state index contributed by atoms with van der Waals surface area (Å²) in [6, 6.07) is 0. The van der Waals surface area contributed by atoms with E-state index in [4.69, 9.17) is 10.2 Å². The second-order valence-corrected chi connectivity index (χ2v) is 7.09. The van der Waals surface area contributed by atoms with E-state index in [0.29, 0.717) is 12.8 Å². The van der Waals surface area contributed by atoms with Crippen LogP contribution in [0, 0.1) is 5.92 Å². The van der Waals surface area contributed by atoms with E-state index in [1.165, 1.54) is 51.4 Å². The second-order valence-electron chi connectivity index (χ2n) is 7.09. The summed E-state index contributed by atoms with van der Waals surface area (Å²) in [5.41, 5.74) is 0. The Morgan fingerprint density at radius 2 is 1.12 bits per heavy atom. The van der Waals surface area contributed by atoms with Crippen LogP contribution in [-0.2, 0) is 9.59 Å². The van der Waals surface area contributed by atoms with Crippen LogP contribution < -0.4 is 0 Å². The molecule has 0 aromatic heterocycles. The number of rotatable bonds is 19. The molecule has 0 aliphatic heterocycles. The molecule has 0 aromatic rings. The van der Waals surface area contributed by atoms with Gasteiger partial charge in [0.1, 0.15) is 0 Å². The Kier molecular flexibility index (Phi) is 16.6. The van der Waals surface area contributed by atoms with Crippen molar-refractivity contribution in [2.45, 2.75) is 103 Å². The molecule has 4 nitrogen and oxygen atoms in total. The van der Waals surface area contributed by atoms with E-state index in [2.05, 4.69) is 6.58 Å². The van der Waals surface area contributed by atoms with Crippen molar-refractivity contribution in [2.75, 3.05) is 0 Å². The molecule has 0 spiro atoms. The van der Waals surface area contributed by atoms with Crippen LogP contribution in [0.5, 0.6) is 0 Å². The van der Waals surface area contributed by atoms with E-state index >= 15 is 0 Å². The van der Waals surface area contributed by atoms with Gasteiger partial charge in [0.25, 0.3) is 0 Å². The normalized spacial score (nSPS) is 12.0. The van der Waals surface area contributed by atoms with Gasteiger partial charge in [-0.05, 0) is 19.3 Å². The van der Waals surface area contributed by atoms with Gasteiger partial charge in [-0.1, -0.05) is 83.1 Å². The first-order valence-corrected chi connectivity index (χ1v) is 10.1. The van der Waals surface area contributed by atoms with E-state index in [-0.39, 0.29) is 5.92 Å². The minimum absolute atomic E-state index is 0.248. The van der Waals surface area contributed by atoms with Crippen molar-refractivity contribution in [3.8, 4) is 0 Å². The summed E-state index contributed by atoms with van der Waals surface area (Å²) in [4.78, 5) is 21.4. The fourth-order valence-corrected chi connectivity index (χ4v) is 3.15. The van der Waals surface area contributed by atoms with Crippen LogP contribution in [0.15, 0.2) is 12.7 Å². The van der Waals surface area contributed by atoms with Crippen molar-refractivity contribution < 1.29 is 19.8 Å². The number of carboxylic acid groups (broad SMARTS) is 2. The van der Waals surface area contributed by atoms with Crippen molar-refractivity contribution in [3.05, 3.63) is 12.7 Å². The topological polar surface area (TPSA) is 74.6 Å². The first kappa shape index (κ1) is 23.7. The molecular weight excluding hydrogens is 316 g/mol. The molecule has 1 atom stereocenters. The Morgan fingerprint density at radius 1 is 0.720 bits per heavy atom. The number of aliphatic carboxylic acids is 2. The summed E-state index contributed by atoms with van der Waals surface area (Å²) in [6.45, 7) is 3.62. The largest absolute Gasteiger partial charge is 0.481 e. The molecular formula is C21H38O4. The summed E-state index contributed by atoms with van der Waals surface area (Å²) >= 11 is 0. The van der Waals surface area contributed by atoms with Gasteiger partial charge in [0.2, 0.25) is 0 Å². The summed E-state index contributed by atoms with van der Waals surface area (Å²) in [5.74, 6) is -1.62. The number of unbranched alkanes of at least 4 members (excludes halogenated alkanes) is 12. The zero-order valence-electron chi connectivity index (χ0n) is 15.9. The first-order chi connectivity index (χ1) is 12.1. The summed E-state index contributed by atoms with van der Waals surface area (Å²) in [7, 11) is 0. The zero-order valence-corrected chi connectivity index (χ0v) is 15.9. The molecule has 0 fully saturated rings. The van der Waals surface area contributed by atoms with Gasteiger partial charge in [0.15, 0.2) is 0 Å². The third-order valence-corrected chi connectivity index (χ3v) is 4.74. The Hall–Kier alpha value is -1.32. The molecule has 0 heterocycles. The Labute approximate surface area is 153 Å². The van der Waals surface area contributed by atoms with Crippen LogP contribution in [0.1, 0.15) is 103 Å². The number of hydrogen-bond donors (Lipinski definition) is 2. The van der Waals surface area contributed by atoms with Crippen LogP contribution in [0.3, 0.4) is 0 Å². The molecule has 0 aliphatic carbocycles. The van der Waals surface area contributed by atoms with Gasteiger partial charge in [0.05, 0.1) is 5.92 Å². The molecule has 146 valence electrons. The Balaban J connectivity index is 3.22. The van der Waals surface area contributed by atoms with Gasteiger partial charge < -0.3 is 10.2 Å². The number of hydrogen-bond acceptors (Lipinski definition) is 2. The SMILES string of the molecule is C=CCC(CCCCCCCCCCCCCCCC(=O)O)C(=O)O. The molecule has 4 heteroatoms. The minimum Gasteiger partial charge on any atom is -0.481 e. The van der Waals surface area contributed by atoms with Crippen LogP contribution in [0.2, 0.25) is 0 Å². The standard InChI is InChI=1S/C21H38O4/c1-2-16-19(21(24)25)17-14-12-10-8-6-4-3-5-7-9-11-13-15-18-20(22)23/h2,19H,1,3-18H2,(H,22,23)(H,24,25). The van der Waals surface area contributed by atoms with Crippen LogP contribution in [0.25, 0.3) is 0 Å². The van der Waals surface area contributed by atoms with E-state index in [1.54, 1.807) is 6.08 Å². The van der Waals surface area contributed by atoms with Gasteiger partial charge in [-0.25, -0.2) is 0 Å². The van der Waals surface area contributed by atoms with Gasteiger partial charge >= 0.3 is 11.9 Å². The summed E-state index contributed by atoms with van der Waals surface area (Å²) in [5, 5.41) is 17.6. The van der Waals surface area contributed by atoms with Crippen LogP contribution in [-0.4, -0.2) is 22.2 Å². The molecule has 1 unspecified atom stereocenters. The number of allylic oxidation sites excluding steroid dienone is 1. The van der Waals surface area contributed by atoms with Gasteiger partial charge in [0, 0.05) is 6.42 Å². The Morgan fingerprint density at radius 3 is 1.48 bits per heavy atom. The highest BCUT2D eigenvalue weighted by atomic mass is 16.4. The molecule has 25 heavy (non-hydrogen) atoms. The van der Waals surface area contributed by atoms with Crippen molar-refractivity contribution in [2.24, 2.45) is 5.92 Å². The molecule has 0 bridgehead atoms. The molecule has 0 aromatic carbocycles. The zero-order chi connectivity index (χ0) is 18.8. The summed E-state index contributed by atoms with van der Waals surface area (Å²) < 4.78 is 0. The lowest BCUT2D eigenvalue weighted by atomic mass is 9.97. The third kappa shape index (κ3) is 17.3. The van der Waals surface area contributed by atoms with Crippen molar-refractivity contribution in [1.82, 2.24) is 0 Å². The maximum absolute atomic E-state index is 11.0. The third-order valence-electron chi connectivity index (χ3n) is 4.74. The van der Waals surface area contributed by atoms with E-state index in [9.17, 15) is 9.59 Å². The smallest absolute Gasteiger partial charge is 0.306 e. The fourth-order valence-electron chi connectivity index (χ4n) is 3.15. The molecule has 0 amide bonds. The second kappa shape index (κ2) is 17.5. The lowest BCUT2D eigenvalue weighted by Gasteiger charge is -2.09. The average molecular weight is 355 g/mol. The highest BCUT2D eigenvalue weighted by Gasteiger charge is 2.14. The van der Waals surface area contributed by atoms with Crippen LogP contribution in [0.4, 0.5) is 0 Å². The molecule has 0 rings (SSSR count). The van der Waals surface area contributed by atoms with Gasteiger partial charge in [-0.2, -0.15) is 0 Å². The highest BCUT2D eigenvalue weighted by molar-refractivity contribution is 5.70. The van der Waals surface area contributed by atoms with Crippen LogP contribution >= 0.6 is 0 Å². The molecule has 0 saturated heterocycles. The molecule has 0 aliphatic rings. The monoisotopic (exact) mass is 354 g/mol. The lowest BCUT2D eigenvalue weighted by Crippen LogP contribution is -2.12. The van der Waals surface area contributed by atoms with Crippen molar-refractivity contribution >= 4 is 11.9 Å². The maximum atomic E-state index is 11.0. The number of carbonyl (C=O) groups is 2.